The van der Waals surface area contributed by atoms with Gasteiger partial charge in [0.2, 0.25) is 0 Å². The van der Waals surface area contributed by atoms with Crippen LogP contribution in [0.15, 0.2) is 83.5 Å². The minimum atomic E-state index is -2.20. The molecule has 0 radical (unpaired) electrons. The van der Waals surface area contributed by atoms with E-state index in [-0.39, 0.29) is 17.9 Å². The van der Waals surface area contributed by atoms with Crippen molar-refractivity contribution >= 4 is 46.5 Å². The standard InChI is InChI=1S/C24H16Cl3N3O2/c25-24(26,27)23(31)29-22-19(14-28)20(16-8-3-1-4-9-16)21(17-10-5-2-6-11-17)30(22)15-18-12-7-13-32-18/h1-13H,15H2,(H,29,31). The second-order valence-corrected chi connectivity index (χ2v) is 9.19. The number of furan rings is 1. The molecule has 4 rings (SSSR count). The lowest BCUT2D eigenvalue weighted by Crippen LogP contribution is -2.28. The number of carbonyl (C=O) groups excluding carboxylic acids is 1. The number of amides is 1. The first-order valence-electron chi connectivity index (χ1n) is 9.58. The maximum absolute atomic E-state index is 12.6. The highest BCUT2D eigenvalue weighted by Crippen LogP contribution is 2.42. The van der Waals surface area contributed by atoms with E-state index >= 15 is 0 Å². The highest BCUT2D eigenvalue weighted by molar-refractivity contribution is 6.76. The quantitative estimate of drug-likeness (QED) is 0.323. The molecule has 0 bridgehead atoms. The van der Waals surface area contributed by atoms with Crippen LogP contribution < -0.4 is 5.32 Å². The van der Waals surface area contributed by atoms with Crippen LogP contribution in [0.25, 0.3) is 22.4 Å². The lowest BCUT2D eigenvalue weighted by molar-refractivity contribution is -0.115. The molecular weight excluding hydrogens is 469 g/mol. The first kappa shape index (κ1) is 22.0. The molecule has 2 aromatic carbocycles. The molecule has 160 valence electrons. The van der Waals surface area contributed by atoms with Gasteiger partial charge in [0.05, 0.1) is 18.5 Å². The van der Waals surface area contributed by atoms with Gasteiger partial charge in [-0.15, -0.1) is 0 Å². The predicted molar refractivity (Wildman–Crippen MR) is 127 cm³/mol. The zero-order valence-corrected chi connectivity index (χ0v) is 18.8. The number of hydrogen-bond acceptors (Lipinski definition) is 3. The van der Waals surface area contributed by atoms with Gasteiger partial charge in [-0.2, -0.15) is 5.26 Å². The number of nitrogens with one attached hydrogen (secondary N) is 1. The average Bonchev–Trinajstić information content (AvgIpc) is 3.41. The van der Waals surface area contributed by atoms with Crippen LogP contribution in [-0.4, -0.2) is 14.3 Å². The summed E-state index contributed by atoms with van der Waals surface area (Å²) in [6, 6.07) is 24.9. The second kappa shape index (κ2) is 9.13. The van der Waals surface area contributed by atoms with Crippen LogP contribution in [0.5, 0.6) is 0 Å². The van der Waals surface area contributed by atoms with E-state index in [1.54, 1.807) is 16.9 Å². The van der Waals surface area contributed by atoms with Crippen molar-refractivity contribution in [2.45, 2.75) is 10.3 Å². The molecule has 1 amide bonds. The Morgan fingerprint density at radius 2 is 1.59 bits per heavy atom. The molecule has 0 aliphatic heterocycles. The zero-order chi connectivity index (χ0) is 22.7. The number of alkyl halides is 3. The third-order valence-corrected chi connectivity index (χ3v) is 5.38. The minimum Gasteiger partial charge on any atom is -0.467 e. The lowest BCUT2D eigenvalue weighted by Gasteiger charge is -2.16. The van der Waals surface area contributed by atoms with Crippen LogP contribution >= 0.6 is 34.8 Å². The molecule has 0 fully saturated rings. The first-order chi connectivity index (χ1) is 15.4. The Bertz CT molecular complexity index is 1270. The summed E-state index contributed by atoms with van der Waals surface area (Å²) < 4.78 is 5.14. The predicted octanol–water partition coefficient (Wildman–Crippen LogP) is 6.64. The van der Waals surface area contributed by atoms with Crippen molar-refractivity contribution in [2.75, 3.05) is 5.32 Å². The normalized spacial score (nSPS) is 11.2. The van der Waals surface area contributed by atoms with Gasteiger partial charge in [-0.05, 0) is 23.3 Å². The van der Waals surface area contributed by atoms with Gasteiger partial charge in [-0.3, -0.25) is 4.79 Å². The van der Waals surface area contributed by atoms with Gasteiger partial charge < -0.3 is 14.3 Å². The fourth-order valence-corrected chi connectivity index (χ4v) is 3.68. The van der Waals surface area contributed by atoms with E-state index in [0.29, 0.717) is 11.3 Å². The van der Waals surface area contributed by atoms with Crippen molar-refractivity contribution in [3.8, 4) is 28.5 Å². The smallest absolute Gasteiger partial charge is 0.277 e. The maximum Gasteiger partial charge on any atom is 0.277 e. The van der Waals surface area contributed by atoms with E-state index in [1.165, 1.54) is 0 Å². The van der Waals surface area contributed by atoms with E-state index in [9.17, 15) is 10.1 Å². The van der Waals surface area contributed by atoms with Gasteiger partial charge >= 0.3 is 0 Å². The van der Waals surface area contributed by atoms with E-state index < -0.39 is 9.70 Å². The molecule has 1 N–H and O–H groups in total. The third kappa shape index (κ3) is 4.39. The second-order valence-electron chi connectivity index (χ2n) is 6.91. The maximum atomic E-state index is 12.6. The first-order valence-corrected chi connectivity index (χ1v) is 10.7. The number of halogens is 3. The van der Waals surface area contributed by atoms with E-state index in [4.69, 9.17) is 39.2 Å². The summed E-state index contributed by atoms with van der Waals surface area (Å²) >= 11 is 17.4. The monoisotopic (exact) mass is 483 g/mol. The lowest BCUT2D eigenvalue weighted by atomic mass is 9.98. The van der Waals surface area contributed by atoms with Gasteiger partial charge in [0.15, 0.2) is 0 Å². The van der Waals surface area contributed by atoms with Gasteiger partial charge in [-0.1, -0.05) is 95.5 Å². The number of benzene rings is 2. The highest BCUT2D eigenvalue weighted by atomic mass is 35.6. The number of aromatic nitrogens is 1. The molecule has 0 saturated heterocycles. The molecule has 0 aliphatic rings. The van der Waals surface area contributed by atoms with Crippen molar-refractivity contribution in [1.82, 2.24) is 4.57 Å². The molecule has 0 aliphatic carbocycles. The van der Waals surface area contributed by atoms with Crippen LogP contribution in [0.3, 0.4) is 0 Å². The van der Waals surface area contributed by atoms with Crippen molar-refractivity contribution in [2.24, 2.45) is 0 Å². The summed E-state index contributed by atoms with van der Waals surface area (Å²) in [5.74, 6) is -0.0139. The molecule has 8 heteroatoms. The number of nitriles is 1. The molecule has 5 nitrogen and oxygen atoms in total. The molecule has 0 saturated carbocycles. The molecule has 32 heavy (non-hydrogen) atoms. The topological polar surface area (TPSA) is 71.0 Å². The summed E-state index contributed by atoms with van der Waals surface area (Å²) in [4.78, 5) is 12.6. The van der Waals surface area contributed by atoms with Gasteiger partial charge in [-0.25, -0.2) is 0 Å². The Morgan fingerprint density at radius 3 is 2.12 bits per heavy atom. The highest BCUT2D eigenvalue weighted by Gasteiger charge is 2.34. The number of anilines is 1. The van der Waals surface area contributed by atoms with Crippen molar-refractivity contribution < 1.29 is 9.21 Å². The van der Waals surface area contributed by atoms with Gasteiger partial charge in [0.25, 0.3) is 9.70 Å². The molecule has 4 aromatic rings. The summed E-state index contributed by atoms with van der Waals surface area (Å²) in [7, 11) is 0. The van der Waals surface area contributed by atoms with Gasteiger partial charge in [0, 0.05) is 5.56 Å². The largest absolute Gasteiger partial charge is 0.467 e. The third-order valence-electron chi connectivity index (χ3n) is 4.87. The zero-order valence-electron chi connectivity index (χ0n) is 16.6. The van der Waals surface area contributed by atoms with E-state index in [0.717, 1.165) is 16.8 Å². The molecule has 0 unspecified atom stereocenters. The summed E-state index contributed by atoms with van der Waals surface area (Å²) in [5.41, 5.74) is 3.30. The van der Waals surface area contributed by atoms with Crippen LogP contribution in [0, 0.1) is 11.3 Å². The van der Waals surface area contributed by atoms with Crippen LogP contribution in [0.1, 0.15) is 11.3 Å². The average molecular weight is 485 g/mol. The van der Waals surface area contributed by atoms with Crippen LogP contribution in [0.4, 0.5) is 5.82 Å². The molecule has 0 spiro atoms. The number of hydrogen-bond donors (Lipinski definition) is 1. The van der Waals surface area contributed by atoms with Crippen LogP contribution in [0.2, 0.25) is 0 Å². The Labute approximate surface area is 199 Å². The number of carbonyl (C=O) groups is 1. The van der Waals surface area contributed by atoms with E-state index in [1.807, 2.05) is 66.7 Å². The van der Waals surface area contributed by atoms with Gasteiger partial charge in [0.1, 0.15) is 23.2 Å². The molecule has 2 aromatic heterocycles. The number of nitrogens with zero attached hydrogens (tertiary/aromatic N) is 2. The molecule has 0 atom stereocenters. The van der Waals surface area contributed by atoms with Crippen molar-refractivity contribution in [1.29, 1.82) is 5.26 Å². The van der Waals surface area contributed by atoms with Crippen molar-refractivity contribution in [3.63, 3.8) is 0 Å². The summed E-state index contributed by atoms with van der Waals surface area (Å²) in [5, 5.41) is 12.8. The number of rotatable bonds is 5. The fourth-order valence-electron chi connectivity index (χ4n) is 3.53. The Morgan fingerprint density at radius 1 is 0.969 bits per heavy atom. The SMILES string of the molecule is N#Cc1c(-c2ccccc2)c(-c2ccccc2)n(Cc2ccco2)c1NC(=O)C(Cl)(Cl)Cl. The summed E-state index contributed by atoms with van der Waals surface area (Å²) in [6.07, 6.45) is 1.56. The fraction of sp³-hybridized carbons (Fsp3) is 0.0833. The Hall–Kier alpha value is -3.17. The Kier molecular flexibility index (Phi) is 6.29. The minimum absolute atomic E-state index is 0.220. The summed E-state index contributed by atoms with van der Waals surface area (Å²) in [6.45, 7) is 0.244. The van der Waals surface area contributed by atoms with Crippen molar-refractivity contribution in [3.05, 3.63) is 90.4 Å². The molecular formula is C24H16Cl3N3O2. The molecule has 2 heterocycles. The van der Waals surface area contributed by atoms with Crippen LogP contribution in [-0.2, 0) is 11.3 Å². The Balaban J connectivity index is 2.05. The van der Waals surface area contributed by atoms with E-state index in [2.05, 4.69) is 11.4 Å².